The van der Waals surface area contributed by atoms with E-state index in [0.29, 0.717) is 11.6 Å². The van der Waals surface area contributed by atoms with Crippen molar-refractivity contribution in [3.05, 3.63) is 24.0 Å². The van der Waals surface area contributed by atoms with Crippen LogP contribution in [0.3, 0.4) is 0 Å². The van der Waals surface area contributed by atoms with E-state index in [-0.39, 0.29) is 5.91 Å². The maximum atomic E-state index is 12.2. The summed E-state index contributed by atoms with van der Waals surface area (Å²) in [5, 5.41) is 3.33. The number of hydrogen-bond donors (Lipinski definition) is 1. The molecule has 18 heavy (non-hydrogen) atoms. The van der Waals surface area contributed by atoms with Gasteiger partial charge in [-0.05, 0) is 33.3 Å². The van der Waals surface area contributed by atoms with Gasteiger partial charge in [0.25, 0.3) is 5.91 Å². The van der Waals surface area contributed by atoms with Crippen molar-refractivity contribution in [2.24, 2.45) is 0 Å². The van der Waals surface area contributed by atoms with Crippen molar-refractivity contribution >= 4 is 11.6 Å². The molecule has 0 aliphatic heterocycles. The van der Waals surface area contributed by atoms with Gasteiger partial charge >= 0.3 is 0 Å². The molecule has 1 N–H and O–H groups in total. The van der Waals surface area contributed by atoms with Crippen molar-refractivity contribution in [3.8, 4) is 0 Å². The molecule has 0 aliphatic rings. The fourth-order valence-electron chi connectivity index (χ4n) is 1.72. The Balaban J connectivity index is 2.84. The second kappa shape index (κ2) is 6.99. The van der Waals surface area contributed by atoms with Gasteiger partial charge in [0.1, 0.15) is 0 Å². The standard InChI is InChI=1S/C14H23N3O/c1-5-11(4)16-13-8-12(9-15-10-13)14(18)17(6-2)7-3/h8-11,16H,5-7H2,1-4H3. The first kappa shape index (κ1) is 14.5. The summed E-state index contributed by atoms with van der Waals surface area (Å²) in [6.07, 6.45) is 4.42. The van der Waals surface area contributed by atoms with E-state index < -0.39 is 0 Å². The molecule has 0 aromatic carbocycles. The predicted octanol–water partition coefficient (Wildman–Crippen LogP) is 2.77. The number of carbonyl (C=O) groups excluding carboxylic acids is 1. The Morgan fingerprint density at radius 2 is 2.00 bits per heavy atom. The van der Waals surface area contributed by atoms with Gasteiger partial charge in [-0.25, -0.2) is 0 Å². The SMILES string of the molecule is CCC(C)Nc1cncc(C(=O)N(CC)CC)c1. The molecule has 1 rings (SSSR count). The highest BCUT2D eigenvalue weighted by Crippen LogP contribution is 2.12. The number of rotatable bonds is 6. The molecule has 1 heterocycles. The average molecular weight is 249 g/mol. The molecular formula is C14H23N3O. The molecule has 0 spiro atoms. The zero-order valence-electron chi connectivity index (χ0n) is 11.7. The van der Waals surface area contributed by atoms with E-state index in [1.165, 1.54) is 0 Å². The van der Waals surface area contributed by atoms with Crippen LogP contribution in [0.25, 0.3) is 0 Å². The summed E-state index contributed by atoms with van der Waals surface area (Å²) < 4.78 is 0. The molecule has 4 heteroatoms. The van der Waals surface area contributed by atoms with Gasteiger partial charge in [-0.1, -0.05) is 6.92 Å². The Hall–Kier alpha value is -1.58. The van der Waals surface area contributed by atoms with Gasteiger partial charge in [0, 0.05) is 31.5 Å². The fraction of sp³-hybridized carbons (Fsp3) is 0.571. The molecule has 0 saturated carbocycles. The van der Waals surface area contributed by atoms with Crippen LogP contribution in [0, 0.1) is 0 Å². The van der Waals surface area contributed by atoms with E-state index in [0.717, 1.165) is 25.2 Å². The Morgan fingerprint density at radius 1 is 1.33 bits per heavy atom. The van der Waals surface area contributed by atoms with Crippen molar-refractivity contribution in [2.45, 2.75) is 40.2 Å². The third kappa shape index (κ3) is 3.72. The Labute approximate surface area is 109 Å². The molecule has 1 atom stereocenters. The summed E-state index contributed by atoms with van der Waals surface area (Å²) in [5.74, 6) is 0.0419. The summed E-state index contributed by atoms with van der Waals surface area (Å²) in [5.41, 5.74) is 1.55. The molecule has 0 radical (unpaired) electrons. The molecule has 0 aliphatic carbocycles. The van der Waals surface area contributed by atoms with Crippen molar-refractivity contribution in [1.29, 1.82) is 0 Å². The molecular weight excluding hydrogens is 226 g/mol. The van der Waals surface area contributed by atoms with Gasteiger partial charge in [0.05, 0.1) is 11.3 Å². The quantitative estimate of drug-likeness (QED) is 0.843. The van der Waals surface area contributed by atoms with E-state index in [1.54, 1.807) is 17.3 Å². The van der Waals surface area contributed by atoms with E-state index in [1.807, 2.05) is 19.9 Å². The van der Waals surface area contributed by atoms with Gasteiger partial charge in [0.15, 0.2) is 0 Å². The molecule has 1 aromatic rings. The number of pyridine rings is 1. The fourth-order valence-corrected chi connectivity index (χ4v) is 1.72. The lowest BCUT2D eigenvalue weighted by Gasteiger charge is -2.19. The maximum Gasteiger partial charge on any atom is 0.255 e. The highest BCUT2D eigenvalue weighted by atomic mass is 16.2. The van der Waals surface area contributed by atoms with Crippen LogP contribution in [-0.4, -0.2) is 34.9 Å². The number of aromatic nitrogens is 1. The van der Waals surface area contributed by atoms with Crippen LogP contribution in [0.2, 0.25) is 0 Å². The third-order valence-electron chi connectivity index (χ3n) is 3.06. The molecule has 0 bridgehead atoms. The minimum Gasteiger partial charge on any atom is -0.381 e. The summed E-state index contributed by atoms with van der Waals surface area (Å²) >= 11 is 0. The lowest BCUT2D eigenvalue weighted by Crippen LogP contribution is -2.30. The van der Waals surface area contributed by atoms with Crippen molar-refractivity contribution < 1.29 is 4.79 Å². The topological polar surface area (TPSA) is 45.2 Å². The Kier molecular flexibility index (Phi) is 5.62. The first-order valence-electron chi connectivity index (χ1n) is 6.63. The summed E-state index contributed by atoms with van der Waals surface area (Å²) in [6, 6.07) is 2.26. The van der Waals surface area contributed by atoms with Crippen LogP contribution < -0.4 is 5.32 Å². The molecule has 1 amide bonds. The largest absolute Gasteiger partial charge is 0.381 e. The van der Waals surface area contributed by atoms with Gasteiger partial charge in [-0.15, -0.1) is 0 Å². The number of hydrogen-bond acceptors (Lipinski definition) is 3. The predicted molar refractivity (Wildman–Crippen MR) is 74.9 cm³/mol. The van der Waals surface area contributed by atoms with Crippen LogP contribution in [0.5, 0.6) is 0 Å². The zero-order chi connectivity index (χ0) is 13.5. The molecule has 1 aromatic heterocycles. The van der Waals surface area contributed by atoms with E-state index >= 15 is 0 Å². The highest BCUT2D eigenvalue weighted by molar-refractivity contribution is 5.94. The average Bonchev–Trinajstić information content (AvgIpc) is 2.40. The van der Waals surface area contributed by atoms with Crippen LogP contribution in [-0.2, 0) is 0 Å². The van der Waals surface area contributed by atoms with E-state index in [9.17, 15) is 4.79 Å². The smallest absolute Gasteiger partial charge is 0.255 e. The lowest BCUT2D eigenvalue weighted by molar-refractivity contribution is 0.0772. The number of carbonyl (C=O) groups is 1. The minimum absolute atomic E-state index is 0.0419. The molecule has 1 unspecified atom stereocenters. The third-order valence-corrected chi connectivity index (χ3v) is 3.06. The molecule has 4 nitrogen and oxygen atoms in total. The van der Waals surface area contributed by atoms with Crippen molar-refractivity contribution in [2.75, 3.05) is 18.4 Å². The van der Waals surface area contributed by atoms with Crippen LogP contribution >= 0.6 is 0 Å². The second-order valence-electron chi connectivity index (χ2n) is 4.39. The minimum atomic E-state index is 0.0419. The van der Waals surface area contributed by atoms with Gasteiger partial charge in [0.2, 0.25) is 0 Å². The molecule has 0 saturated heterocycles. The molecule has 0 fully saturated rings. The normalized spacial score (nSPS) is 12.0. The maximum absolute atomic E-state index is 12.2. The van der Waals surface area contributed by atoms with Crippen LogP contribution in [0.15, 0.2) is 18.5 Å². The first-order chi connectivity index (χ1) is 8.62. The summed E-state index contributed by atoms with van der Waals surface area (Å²) in [4.78, 5) is 18.1. The monoisotopic (exact) mass is 249 g/mol. The number of nitrogens with zero attached hydrogens (tertiary/aromatic N) is 2. The van der Waals surface area contributed by atoms with Gasteiger partial charge in [-0.2, -0.15) is 0 Å². The number of amides is 1. The number of nitrogens with one attached hydrogen (secondary N) is 1. The first-order valence-corrected chi connectivity index (χ1v) is 6.63. The number of anilines is 1. The summed E-state index contributed by atoms with van der Waals surface area (Å²) in [7, 11) is 0. The Morgan fingerprint density at radius 3 is 2.56 bits per heavy atom. The summed E-state index contributed by atoms with van der Waals surface area (Å²) in [6.45, 7) is 9.64. The lowest BCUT2D eigenvalue weighted by atomic mass is 10.2. The van der Waals surface area contributed by atoms with Gasteiger partial charge in [-0.3, -0.25) is 9.78 Å². The van der Waals surface area contributed by atoms with E-state index in [4.69, 9.17) is 0 Å². The van der Waals surface area contributed by atoms with E-state index in [2.05, 4.69) is 24.1 Å². The zero-order valence-corrected chi connectivity index (χ0v) is 11.7. The Bertz CT molecular complexity index is 388. The van der Waals surface area contributed by atoms with Crippen molar-refractivity contribution in [1.82, 2.24) is 9.88 Å². The van der Waals surface area contributed by atoms with Crippen LogP contribution in [0.4, 0.5) is 5.69 Å². The molecule has 100 valence electrons. The second-order valence-corrected chi connectivity index (χ2v) is 4.39. The van der Waals surface area contributed by atoms with Crippen molar-refractivity contribution in [3.63, 3.8) is 0 Å². The van der Waals surface area contributed by atoms with Gasteiger partial charge < -0.3 is 10.2 Å². The highest BCUT2D eigenvalue weighted by Gasteiger charge is 2.13. The van der Waals surface area contributed by atoms with Crippen LogP contribution in [0.1, 0.15) is 44.5 Å².